The number of aromatic nitrogens is 2. The average Bonchev–Trinajstić information content (AvgIpc) is 3.15. The molecule has 1 fully saturated rings. The molecule has 1 atom stereocenters. The predicted molar refractivity (Wildman–Crippen MR) is 107 cm³/mol. The molecule has 0 aliphatic carbocycles. The molecule has 1 N–H and O–H groups in total. The lowest BCUT2D eigenvalue weighted by Gasteiger charge is -2.34. The maximum Gasteiger partial charge on any atom is 0.255 e. The van der Waals surface area contributed by atoms with E-state index in [0.29, 0.717) is 12.1 Å². The van der Waals surface area contributed by atoms with Gasteiger partial charge in [-0.2, -0.15) is 0 Å². The van der Waals surface area contributed by atoms with Crippen LogP contribution in [0.3, 0.4) is 0 Å². The zero-order valence-electron chi connectivity index (χ0n) is 16.1. The average molecular weight is 362 g/mol. The van der Waals surface area contributed by atoms with Gasteiger partial charge in [-0.3, -0.25) is 4.79 Å². The highest BCUT2D eigenvalue weighted by Gasteiger charge is 2.25. The first-order chi connectivity index (χ1) is 12.9. The number of benzene rings is 1. The third-order valence-corrected chi connectivity index (χ3v) is 5.30. The number of carbonyl (C=O) groups excluding carboxylic acids is 1. The van der Waals surface area contributed by atoms with Gasteiger partial charge in [-0.1, -0.05) is 45.0 Å². The summed E-state index contributed by atoms with van der Waals surface area (Å²) in [7, 11) is 0. The molecule has 3 aromatic rings. The highest BCUT2D eigenvalue weighted by atomic mass is 16.2. The van der Waals surface area contributed by atoms with E-state index < -0.39 is 0 Å². The van der Waals surface area contributed by atoms with Crippen molar-refractivity contribution >= 4 is 11.4 Å². The second kappa shape index (κ2) is 6.82. The number of hydrogen-bond donors (Lipinski definition) is 1. The van der Waals surface area contributed by atoms with E-state index in [4.69, 9.17) is 0 Å². The van der Waals surface area contributed by atoms with Crippen LogP contribution >= 0.6 is 0 Å². The van der Waals surface area contributed by atoms with Gasteiger partial charge in [0.05, 0.1) is 23.6 Å². The molecule has 0 bridgehead atoms. The summed E-state index contributed by atoms with van der Waals surface area (Å²) in [6.45, 7) is 8.85. The van der Waals surface area contributed by atoms with Crippen molar-refractivity contribution in [1.29, 1.82) is 0 Å². The summed E-state index contributed by atoms with van der Waals surface area (Å²) in [4.78, 5) is 19.1. The molecule has 1 saturated heterocycles. The van der Waals surface area contributed by atoms with E-state index in [1.165, 1.54) is 11.1 Å². The van der Waals surface area contributed by atoms with E-state index in [2.05, 4.69) is 55.3 Å². The largest absolute Gasteiger partial charge is 0.335 e. The summed E-state index contributed by atoms with van der Waals surface area (Å²) in [5, 5.41) is 3.55. The normalized spacial score (nSPS) is 18.0. The van der Waals surface area contributed by atoms with Gasteiger partial charge in [-0.15, -0.1) is 0 Å². The second-order valence-electron chi connectivity index (χ2n) is 8.27. The van der Waals surface area contributed by atoms with Gasteiger partial charge in [0.15, 0.2) is 0 Å². The Labute approximate surface area is 160 Å². The molecule has 1 aliphatic heterocycles. The summed E-state index contributed by atoms with van der Waals surface area (Å²) in [5.41, 5.74) is 4.38. The molecule has 27 heavy (non-hydrogen) atoms. The van der Waals surface area contributed by atoms with Crippen LogP contribution in [0.25, 0.3) is 5.52 Å². The van der Waals surface area contributed by atoms with Gasteiger partial charge < -0.3 is 14.6 Å². The molecule has 1 aromatic carbocycles. The maximum atomic E-state index is 13.0. The van der Waals surface area contributed by atoms with E-state index in [9.17, 15) is 4.79 Å². The van der Waals surface area contributed by atoms with E-state index >= 15 is 0 Å². The number of nitrogens with one attached hydrogen (secondary N) is 1. The smallest absolute Gasteiger partial charge is 0.255 e. The van der Waals surface area contributed by atoms with Crippen LogP contribution in [0.5, 0.6) is 0 Å². The van der Waals surface area contributed by atoms with Crippen molar-refractivity contribution in [2.24, 2.45) is 0 Å². The van der Waals surface area contributed by atoms with Crippen LogP contribution in [-0.2, 0) is 5.41 Å². The number of imidazole rings is 1. The molecule has 0 radical (unpaired) electrons. The van der Waals surface area contributed by atoms with Gasteiger partial charge in [0.1, 0.15) is 0 Å². The van der Waals surface area contributed by atoms with Crippen LogP contribution in [0, 0.1) is 0 Å². The Morgan fingerprint density at radius 3 is 2.67 bits per heavy atom. The Morgan fingerprint density at radius 2 is 1.93 bits per heavy atom. The summed E-state index contributed by atoms with van der Waals surface area (Å²) >= 11 is 0. The standard InChI is InChI=1S/C22H26N4O/c1-22(2,3)18-7-4-16(5-8-18)20-14-25(11-10-24-20)21(27)17-6-9-19-12-23-15-26(19)13-17/h4-9,12-13,15,20,24H,10-11,14H2,1-3H3. The SMILES string of the molecule is CC(C)(C)c1ccc(C2CN(C(=O)c3ccc4cncn4c3)CCN2)cc1. The van der Waals surface area contributed by atoms with Crippen molar-refractivity contribution < 1.29 is 4.79 Å². The van der Waals surface area contributed by atoms with Crippen molar-refractivity contribution in [1.82, 2.24) is 19.6 Å². The fourth-order valence-electron chi connectivity index (χ4n) is 3.60. The number of fused-ring (bicyclic) bond motifs is 1. The molecule has 5 nitrogen and oxygen atoms in total. The van der Waals surface area contributed by atoms with Crippen LogP contribution in [0.1, 0.15) is 48.3 Å². The lowest BCUT2D eigenvalue weighted by atomic mass is 9.86. The Balaban J connectivity index is 1.51. The van der Waals surface area contributed by atoms with Crippen LogP contribution in [0.2, 0.25) is 0 Å². The second-order valence-corrected chi connectivity index (χ2v) is 8.27. The molecule has 1 aliphatic rings. The minimum atomic E-state index is 0.0726. The van der Waals surface area contributed by atoms with Gasteiger partial charge in [0.2, 0.25) is 0 Å². The molecular weight excluding hydrogens is 336 g/mol. The number of amides is 1. The summed E-state index contributed by atoms with van der Waals surface area (Å²) in [5.74, 6) is 0.0726. The number of carbonyl (C=O) groups is 1. The highest BCUT2D eigenvalue weighted by molar-refractivity contribution is 5.94. The van der Waals surface area contributed by atoms with E-state index in [1.54, 1.807) is 12.5 Å². The monoisotopic (exact) mass is 362 g/mol. The molecule has 4 rings (SSSR count). The molecule has 3 heterocycles. The third-order valence-electron chi connectivity index (χ3n) is 5.30. The third kappa shape index (κ3) is 3.60. The Kier molecular flexibility index (Phi) is 4.48. The Morgan fingerprint density at radius 1 is 1.15 bits per heavy atom. The zero-order valence-corrected chi connectivity index (χ0v) is 16.1. The molecule has 0 saturated carbocycles. The summed E-state index contributed by atoms with van der Waals surface area (Å²) < 4.78 is 1.89. The lowest BCUT2D eigenvalue weighted by Crippen LogP contribution is -2.48. The first kappa shape index (κ1) is 17.7. The van der Waals surface area contributed by atoms with Crippen molar-refractivity contribution in [3.63, 3.8) is 0 Å². The van der Waals surface area contributed by atoms with Gasteiger partial charge >= 0.3 is 0 Å². The first-order valence-electron chi connectivity index (χ1n) is 9.47. The molecule has 1 amide bonds. The quantitative estimate of drug-likeness (QED) is 0.760. The molecule has 0 spiro atoms. The number of piperazine rings is 1. The summed E-state index contributed by atoms with van der Waals surface area (Å²) in [6, 6.07) is 12.7. The van der Waals surface area contributed by atoms with Crippen LogP contribution < -0.4 is 5.32 Å². The van der Waals surface area contributed by atoms with Crippen LogP contribution in [0.15, 0.2) is 55.1 Å². The highest BCUT2D eigenvalue weighted by Crippen LogP contribution is 2.25. The first-order valence-corrected chi connectivity index (χ1v) is 9.47. The Bertz CT molecular complexity index is 952. The number of pyridine rings is 1. The molecule has 140 valence electrons. The fraction of sp³-hybridized carbons (Fsp3) is 0.364. The number of rotatable bonds is 2. The van der Waals surface area contributed by atoms with Crippen LogP contribution in [0.4, 0.5) is 0 Å². The van der Waals surface area contributed by atoms with E-state index in [-0.39, 0.29) is 17.4 Å². The summed E-state index contributed by atoms with van der Waals surface area (Å²) in [6.07, 6.45) is 5.37. The minimum absolute atomic E-state index is 0.0726. The Hall–Kier alpha value is -2.66. The molecule has 1 unspecified atom stereocenters. The zero-order chi connectivity index (χ0) is 19.0. The van der Waals surface area contributed by atoms with Crippen LogP contribution in [-0.4, -0.2) is 39.8 Å². The van der Waals surface area contributed by atoms with Crippen molar-refractivity contribution in [3.8, 4) is 0 Å². The topological polar surface area (TPSA) is 49.6 Å². The van der Waals surface area contributed by atoms with Gasteiger partial charge in [-0.25, -0.2) is 4.98 Å². The molecular formula is C22H26N4O. The van der Waals surface area contributed by atoms with Crippen molar-refractivity contribution in [2.75, 3.05) is 19.6 Å². The van der Waals surface area contributed by atoms with E-state index in [0.717, 1.165) is 18.6 Å². The van der Waals surface area contributed by atoms with E-state index in [1.807, 2.05) is 27.6 Å². The molecule has 5 heteroatoms. The van der Waals surface area contributed by atoms with Crippen molar-refractivity contribution in [3.05, 3.63) is 71.8 Å². The van der Waals surface area contributed by atoms with Gasteiger partial charge in [-0.05, 0) is 28.7 Å². The van der Waals surface area contributed by atoms with Gasteiger partial charge in [0, 0.05) is 31.9 Å². The fourth-order valence-corrected chi connectivity index (χ4v) is 3.60. The number of hydrogen-bond acceptors (Lipinski definition) is 3. The number of nitrogens with zero attached hydrogens (tertiary/aromatic N) is 3. The minimum Gasteiger partial charge on any atom is -0.335 e. The predicted octanol–water partition coefficient (Wildman–Crippen LogP) is 3.42. The maximum absolute atomic E-state index is 13.0. The lowest BCUT2D eigenvalue weighted by molar-refractivity contribution is 0.0702. The van der Waals surface area contributed by atoms with Gasteiger partial charge in [0.25, 0.3) is 5.91 Å². The molecule has 2 aromatic heterocycles. The van der Waals surface area contributed by atoms with Crippen molar-refractivity contribution in [2.45, 2.75) is 32.2 Å².